The van der Waals surface area contributed by atoms with E-state index in [0.29, 0.717) is 22.6 Å². The Balaban J connectivity index is 2.59. The van der Waals surface area contributed by atoms with Gasteiger partial charge in [-0.25, -0.2) is 4.98 Å². The van der Waals surface area contributed by atoms with Crippen LogP contribution in [0.4, 0.5) is 5.82 Å². The van der Waals surface area contributed by atoms with Crippen molar-refractivity contribution in [3.8, 4) is 0 Å². The van der Waals surface area contributed by atoms with Crippen molar-refractivity contribution in [3.05, 3.63) is 21.8 Å². The summed E-state index contributed by atoms with van der Waals surface area (Å²) in [4.78, 5) is 4.15. The topological polar surface area (TPSA) is 24.9 Å². The predicted octanol–water partition coefficient (Wildman–Crippen LogP) is 3.78. The van der Waals surface area contributed by atoms with Gasteiger partial charge in [0, 0.05) is 23.1 Å². The molecular formula is C9H11BrCl2N2. The van der Waals surface area contributed by atoms with Crippen LogP contribution in [0.2, 0.25) is 5.02 Å². The minimum absolute atomic E-state index is 0.401. The summed E-state index contributed by atoms with van der Waals surface area (Å²) in [5.74, 6) is 1.73. The lowest BCUT2D eigenvalue weighted by Crippen LogP contribution is -2.13. The second kappa shape index (κ2) is 5.79. The molecule has 0 aliphatic heterocycles. The van der Waals surface area contributed by atoms with E-state index >= 15 is 0 Å². The van der Waals surface area contributed by atoms with E-state index in [2.05, 4.69) is 33.2 Å². The molecule has 1 aromatic rings. The van der Waals surface area contributed by atoms with Gasteiger partial charge in [0.15, 0.2) is 0 Å². The van der Waals surface area contributed by atoms with Gasteiger partial charge in [-0.1, -0.05) is 18.5 Å². The highest BCUT2D eigenvalue weighted by Gasteiger charge is 2.04. The number of hydrogen-bond donors (Lipinski definition) is 1. The first-order valence-corrected chi connectivity index (χ1v) is 5.95. The van der Waals surface area contributed by atoms with Crippen molar-refractivity contribution in [3.63, 3.8) is 0 Å². The number of alkyl halides is 1. The minimum Gasteiger partial charge on any atom is -0.369 e. The number of hydrogen-bond acceptors (Lipinski definition) is 2. The van der Waals surface area contributed by atoms with Gasteiger partial charge < -0.3 is 5.32 Å². The van der Waals surface area contributed by atoms with Crippen LogP contribution in [0, 0.1) is 5.92 Å². The number of anilines is 1. The van der Waals surface area contributed by atoms with Crippen LogP contribution in [0.3, 0.4) is 0 Å². The highest BCUT2D eigenvalue weighted by molar-refractivity contribution is 9.10. The van der Waals surface area contributed by atoms with Crippen LogP contribution >= 0.6 is 39.1 Å². The van der Waals surface area contributed by atoms with Crippen molar-refractivity contribution in [2.45, 2.75) is 6.92 Å². The zero-order chi connectivity index (χ0) is 10.6. The fraction of sp³-hybridized carbons (Fsp3) is 0.444. The standard InChI is InChI=1S/C9H11BrCl2N2/c1-6(3-11)4-13-9-8(12)2-7(10)5-14-9/h2,5-6H,3-4H2,1H3,(H,13,14). The summed E-state index contributed by atoms with van der Waals surface area (Å²) in [6.45, 7) is 2.84. The maximum atomic E-state index is 5.97. The Morgan fingerprint density at radius 2 is 2.36 bits per heavy atom. The highest BCUT2D eigenvalue weighted by atomic mass is 79.9. The summed E-state index contributed by atoms with van der Waals surface area (Å²) in [5, 5.41) is 3.75. The summed E-state index contributed by atoms with van der Waals surface area (Å²) in [6, 6.07) is 1.81. The smallest absolute Gasteiger partial charge is 0.144 e. The molecule has 0 saturated carbocycles. The first kappa shape index (κ1) is 12.1. The largest absolute Gasteiger partial charge is 0.369 e. The molecule has 0 saturated heterocycles. The van der Waals surface area contributed by atoms with Crippen LogP contribution in [0.25, 0.3) is 0 Å². The van der Waals surface area contributed by atoms with E-state index < -0.39 is 0 Å². The molecule has 2 nitrogen and oxygen atoms in total. The molecule has 1 N–H and O–H groups in total. The maximum Gasteiger partial charge on any atom is 0.144 e. The lowest BCUT2D eigenvalue weighted by atomic mass is 10.2. The fourth-order valence-corrected chi connectivity index (χ4v) is 1.68. The highest BCUT2D eigenvalue weighted by Crippen LogP contribution is 2.22. The summed E-state index contributed by atoms with van der Waals surface area (Å²) in [5.41, 5.74) is 0. The Bertz CT molecular complexity index is 307. The Morgan fingerprint density at radius 1 is 1.64 bits per heavy atom. The van der Waals surface area contributed by atoms with Crippen molar-refractivity contribution in [1.29, 1.82) is 0 Å². The maximum absolute atomic E-state index is 5.97. The molecule has 1 aromatic heterocycles. The second-order valence-corrected chi connectivity index (χ2v) is 4.76. The molecule has 1 rings (SSSR count). The van der Waals surface area contributed by atoms with Crippen LogP contribution in [-0.4, -0.2) is 17.4 Å². The molecule has 0 bridgehead atoms. The fourth-order valence-electron chi connectivity index (χ4n) is 0.870. The zero-order valence-electron chi connectivity index (χ0n) is 7.73. The third-order valence-electron chi connectivity index (χ3n) is 1.69. The van der Waals surface area contributed by atoms with Crippen LogP contribution in [0.5, 0.6) is 0 Å². The van der Waals surface area contributed by atoms with Gasteiger partial charge >= 0.3 is 0 Å². The quantitative estimate of drug-likeness (QED) is 0.856. The minimum atomic E-state index is 0.401. The molecule has 1 heterocycles. The van der Waals surface area contributed by atoms with Crippen LogP contribution in [-0.2, 0) is 0 Å². The van der Waals surface area contributed by atoms with Gasteiger partial charge in [-0.3, -0.25) is 0 Å². The van der Waals surface area contributed by atoms with Crippen LogP contribution in [0.1, 0.15) is 6.92 Å². The van der Waals surface area contributed by atoms with E-state index in [1.54, 1.807) is 6.20 Å². The third-order valence-corrected chi connectivity index (χ3v) is 2.94. The van der Waals surface area contributed by atoms with Gasteiger partial charge in [0.2, 0.25) is 0 Å². The molecule has 0 amide bonds. The van der Waals surface area contributed by atoms with E-state index in [0.717, 1.165) is 11.0 Å². The molecule has 5 heteroatoms. The number of aromatic nitrogens is 1. The van der Waals surface area contributed by atoms with E-state index in [4.69, 9.17) is 23.2 Å². The summed E-state index contributed by atoms with van der Waals surface area (Å²) < 4.78 is 0.874. The predicted molar refractivity (Wildman–Crippen MR) is 65.3 cm³/mol. The van der Waals surface area contributed by atoms with E-state index in [9.17, 15) is 0 Å². The Hall–Kier alpha value is 0.01000. The Morgan fingerprint density at radius 3 is 2.93 bits per heavy atom. The Kier molecular flexibility index (Phi) is 4.99. The van der Waals surface area contributed by atoms with Gasteiger partial charge in [-0.05, 0) is 27.9 Å². The van der Waals surface area contributed by atoms with Crippen molar-refractivity contribution in [2.24, 2.45) is 5.92 Å². The molecule has 1 unspecified atom stereocenters. The Labute approximate surface area is 102 Å². The van der Waals surface area contributed by atoms with E-state index in [1.807, 2.05) is 6.07 Å². The number of nitrogens with one attached hydrogen (secondary N) is 1. The van der Waals surface area contributed by atoms with Gasteiger partial charge in [-0.15, -0.1) is 11.6 Å². The first-order chi connectivity index (χ1) is 6.63. The number of halogens is 3. The van der Waals surface area contributed by atoms with E-state index in [-0.39, 0.29) is 0 Å². The third kappa shape index (κ3) is 3.64. The SMILES string of the molecule is CC(CCl)CNc1ncc(Br)cc1Cl. The summed E-state index contributed by atoms with van der Waals surface area (Å²) in [7, 11) is 0. The van der Waals surface area contributed by atoms with Crippen molar-refractivity contribution in [2.75, 3.05) is 17.7 Å². The molecule has 0 aliphatic carbocycles. The number of rotatable bonds is 4. The van der Waals surface area contributed by atoms with Crippen molar-refractivity contribution < 1.29 is 0 Å². The van der Waals surface area contributed by atoms with Crippen molar-refractivity contribution in [1.82, 2.24) is 4.98 Å². The van der Waals surface area contributed by atoms with Crippen LogP contribution < -0.4 is 5.32 Å². The molecule has 0 aliphatic rings. The number of pyridine rings is 1. The van der Waals surface area contributed by atoms with Gasteiger partial charge in [0.25, 0.3) is 0 Å². The summed E-state index contributed by atoms with van der Waals surface area (Å²) in [6.07, 6.45) is 1.71. The molecule has 0 radical (unpaired) electrons. The molecule has 0 fully saturated rings. The monoisotopic (exact) mass is 296 g/mol. The van der Waals surface area contributed by atoms with Gasteiger partial charge in [-0.2, -0.15) is 0 Å². The molecule has 0 spiro atoms. The molecule has 14 heavy (non-hydrogen) atoms. The second-order valence-electron chi connectivity index (χ2n) is 3.12. The zero-order valence-corrected chi connectivity index (χ0v) is 10.8. The summed E-state index contributed by atoms with van der Waals surface area (Å²) >= 11 is 14.9. The molecular weight excluding hydrogens is 287 g/mol. The normalized spacial score (nSPS) is 12.6. The van der Waals surface area contributed by atoms with Gasteiger partial charge in [0.05, 0.1) is 5.02 Å². The first-order valence-electron chi connectivity index (χ1n) is 4.24. The van der Waals surface area contributed by atoms with Crippen LogP contribution in [0.15, 0.2) is 16.7 Å². The van der Waals surface area contributed by atoms with E-state index in [1.165, 1.54) is 0 Å². The molecule has 0 aromatic carbocycles. The lowest BCUT2D eigenvalue weighted by molar-refractivity contribution is 0.694. The molecule has 78 valence electrons. The van der Waals surface area contributed by atoms with Gasteiger partial charge in [0.1, 0.15) is 5.82 Å². The van der Waals surface area contributed by atoms with Crippen molar-refractivity contribution >= 4 is 44.9 Å². The molecule has 1 atom stereocenters. The lowest BCUT2D eigenvalue weighted by Gasteiger charge is -2.10. The number of nitrogens with zero attached hydrogens (tertiary/aromatic N) is 1. The average molecular weight is 298 g/mol. The average Bonchev–Trinajstić information content (AvgIpc) is 2.16.